The van der Waals surface area contributed by atoms with Crippen molar-refractivity contribution < 1.29 is 4.74 Å². The summed E-state index contributed by atoms with van der Waals surface area (Å²) in [5.74, 6) is 1.65. The average molecular weight is 298 g/mol. The van der Waals surface area contributed by atoms with E-state index in [1.165, 1.54) is 0 Å². The summed E-state index contributed by atoms with van der Waals surface area (Å²) < 4.78 is 5.74. The summed E-state index contributed by atoms with van der Waals surface area (Å²) in [6.07, 6.45) is 1.78. The Morgan fingerprint density at radius 3 is 2.68 bits per heavy atom. The molecule has 5 heteroatoms. The maximum Gasteiger partial charge on any atom is 0.191 e. The molecule has 0 atom stereocenters. The van der Waals surface area contributed by atoms with E-state index in [4.69, 9.17) is 4.74 Å². The van der Waals surface area contributed by atoms with Crippen molar-refractivity contribution >= 4 is 5.96 Å². The first-order valence-corrected chi connectivity index (χ1v) is 7.32. The molecule has 0 amide bonds. The Balaban J connectivity index is 1.70. The van der Waals surface area contributed by atoms with Crippen LogP contribution in [0.25, 0.3) is 0 Å². The fourth-order valence-electron chi connectivity index (χ4n) is 1.95. The molecule has 1 aromatic heterocycles. The lowest BCUT2D eigenvalue weighted by Gasteiger charge is -2.13. The van der Waals surface area contributed by atoms with Crippen molar-refractivity contribution in [3.05, 3.63) is 59.9 Å². The molecule has 2 aromatic rings. The first kappa shape index (κ1) is 15.8. The minimum absolute atomic E-state index is 0.579. The Bertz CT molecular complexity index is 599. The van der Waals surface area contributed by atoms with Crippen molar-refractivity contribution in [1.29, 1.82) is 0 Å². The lowest BCUT2D eigenvalue weighted by molar-refractivity contribution is 0.320. The van der Waals surface area contributed by atoms with Crippen LogP contribution in [0.2, 0.25) is 0 Å². The molecular formula is C17H22N4O. The zero-order valence-electron chi connectivity index (χ0n) is 13.0. The highest BCUT2D eigenvalue weighted by atomic mass is 16.5. The van der Waals surface area contributed by atoms with Gasteiger partial charge in [-0.15, -0.1) is 0 Å². The quantitative estimate of drug-likeness (QED) is 0.487. The van der Waals surface area contributed by atoms with Crippen LogP contribution >= 0.6 is 0 Å². The lowest BCUT2D eigenvalue weighted by atomic mass is 10.2. The predicted octanol–water partition coefficient (Wildman–Crippen LogP) is 2.13. The van der Waals surface area contributed by atoms with E-state index in [0.717, 1.165) is 23.0 Å². The fraction of sp³-hybridized carbons (Fsp3) is 0.294. The number of para-hydroxylation sites is 1. The number of aromatic nitrogens is 1. The molecule has 2 rings (SSSR count). The Kier molecular flexibility index (Phi) is 6.23. The smallest absolute Gasteiger partial charge is 0.191 e. The number of hydrogen-bond acceptors (Lipinski definition) is 3. The van der Waals surface area contributed by atoms with Gasteiger partial charge in [0.05, 0.1) is 18.8 Å². The molecule has 0 fully saturated rings. The van der Waals surface area contributed by atoms with E-state index in [9.17, 15) is 0 Å². The molecule has 0 spiro atoms. The van der Waals surface area contributed by atoms with Crippen LogP contribution in [-0.4, -0.2) is 31.1 Å². The second-order valence-corrected chi connectivity index (χ2v) is 4.79. The van der Waals surface area contributed by atoms with E-state index in [0.29, 0.717) is 19.7 Å². The number of ether oxygens (including phenoxy) is 1. The lowest BCUT2D eigenvalue weighted by Crippen LogP contribution is -2.39. The van der Waals surface area contributed by atoms with Gasteiger partial charge in [-0.25, -0.2) is 0 Å². The van der Waals surface area contributed by atoms with Gasteiger partial charge in [0.25, 0.3) is 0 Å². The molecule has 0 aliphatic carbocycles. The van der Waals surface area contributed by atoms with Crippen LogP contribution in [0.5, 0.6) is 5.75 Å². The molecule has 1 aromatic carbocycles. The molecule has 0 aliphatic rings. The minimum Gasteiger partial charge on any atom is -0.491 e. The number of benzene rings is 1. The highest BCUT2D eigenvalue weighted by molar-refractivity contribution is 5.79. The van der Waals surface area contributed by atoms with E-state index in [1.807, 2.05) is 49.4 Å². The molecule has 116 valence electrons. The van der Waals surface area contributed by atoms with Crippen LogP contribution in [-0.2, 0) is 6.54 Å². The second-order valence-electron chi connectivity index (χ2n) is 4.79. The summed E-state index contributed by atoms with van der Waals surface area (Å²) in [5, 5.41) is 6.43. The van der Waals surface area contributed by atoms with Crippen LogP contribution in [0.3, 0.4) is 0 Å². The summed E-state index contributed by atoms with van der Waals surface area (Å²) in [7, 11) is 1.75. The standard InChI is InChI=1S/C17H22N4O/c1-14-7-3-4-9-16(14)22-12-11-20-17(18-2)21-13-15-8-5-6-10-19-15/h3-10H,11-13H2,1-2H3,(H2,18,20,21). The highest BCUT2D eigenvalue weighted by Crippen LogP contribution is 2.15. The number of guanidine groups is 1. The number of nitrogens with one attached hydrogen (secondary N) is 2. The minimum atomic E-state index is 0.579. The Morgan fingerprint density at radius 2 is 1.95 bits per heavy atom. The fourth-order valence-corrected chi connectivity index (χ4v) is 1.95. The van der Waals surface area contributed by atoms with E-state index in [1.54, 1.807) is 13.2 Å². The van der Waals surface area contributed by atoms with Crippen LogP contribution in [0, 0.1) is 6.92 Å². The van der Waals surface area contributed by atoms with Gasteiger partial charge in [-0.1, -0.05) is 24.3 Å². The SMILES string of the molecule is CN=C(NCCOc1ccccc1C)NCc1ccccn1. The largest absolute Gasteiger partial charge is 0.491 e. The van der Waals surface area contributed by atoms with Crippen molar-refractivity contribution in [3.8, 4) is 5.75 Å². The monoisotopic (exact) mass is 298 g/mol. The predicted molar refractivity (Wildman–Crippen MR) is 89.1 cm³/mol. The van der Waals surface area contributed by atoms with Crippen molar-refractivity contribution in [3.63, 3.8) is 0 Å². The third-order valence-corrected chi connectivity index (χ3v) is 3.13. The molecule has 22 heavy (non-hydrogen) atoms. The molecule has 0 unspecified atom stereocenters. The van der Waals surface area contributed by atoms with Crippen molar-refractivity contribution in [2.75, 3.05) is 20.2 Å². The molecule has 0 aliphatic heterocycles. The first-order valence-electron chi connectivity index (χ1n) is 7.32. The van der Waals surface area contributed by atoms with Crippen LogP contribution in [0.15, 0.2) is 53.7 Å². The normalized spacial score (nSPS) is 11.1. The Morgan fingerprint density at radius 1 is 1.14 bits per heavy atom. The molecule has 2 N–H and O–H groups in total. The summed E-state index contributed by atoms with van der Waals surface area (Å²) >= 11 is 0. The molecule has 0 radical (unpaired) electrons. The van der Waals surface area contributed by atoms with Crippen LogP contribution < -0.4 is 15.4 Å². The van der Waals surface area contributed by atoms with Gasteiger partial charge in [-0.05, 0) is 30.7 Å². The van der Waals surface area contributed by atoms with E-state index in [2.05, 4.69) is 20.6 Å². The number of hydrogen-bond donors (Lipinski definition) is 2. The van der Waals surface area contributed by atoms with Gasteiger partial charge in [0, 0.05) is 13.2 Å². The number of aryl methyl sites for hydroxylation is 1. The first-order chi connectivity index (χ1) is 10.8. The van der Waals surface area contributed by atoms with Crippen LogP contribution in [0.4, 0.5) is 0 Å². The molecular weight excluding hydrogens is 276 g/mol. The van der Waals surface area contributed by atoms with Gasteiger partial charge in [-0.3, -0.25) is 9.98 Å². The Hall–Kier alpha value is -2.56. The average Bonchev–Trinajstić information content (AvgIpc) is 2.56. The van der Waals surface area contributed by atoms with Crippen molar-refractivity contribution in [2.24, 2.45) is 4.99 Å². The molecule has 1 heterocycles. The Labute approximate surface area is 131 Å². The third-order valence-electron chi connectivity index (χ3n) is 3.13. The van der Waals surface area contributed by atoms with Gasteiger partial charge in [0.2, 0.25) is 0 Å². The van der Waals surface area contributed by atoms with Gasteiger partial charge >= 0.3 is 0 Å². The van der Waals surface area contributed by atoms with E-state index in [-0.39, 0.29) is 0 Å². The molecule has 0 saturated heterocycles. The summed E-state index contributed by atoms with van der Waals surface area (Å²) in [4.78, 5) is 8.44. The van der Waals surface area contributed by atoms with Crippen LogP contribution in [0.1, 0.15) is 11.3 Å². The van der Waals surface area contributed by atoms with Gasteiger partial charge in [0.15, 0.2) is 5.96 Å². The second kappa shape index (κ2) is 8.67. The molecule has 0 saturated carbocycles. The van der Waals surface area contributed by atoms with Crippen molar-refractivity contribution in [2.45, 2.75) is 13.5 Å². The maximum absolute atomic E-state index is 5.74. The number of rotatable bonds is 6. The number of pyridine rings is 1. The van der Waals surface area contributed by atoms with Gasteiger partial charge in [0.1, 0.15) is 12.4 Å². The van der Waals surface area contributed by atoms with Gasteiger partial charge < -0.3 is 15.4 Å². The number of aliphatic imine (C=N–C) groups is 1. The molecule has 0 bridgehead atoms. The van der Waals surface area contributed by atoms with Gasteiger partial charge in [-0.2, -0.15) is 0 Å². The summed E-state index contributed by atoms with van der Waals surface area (Å²) in [6, 6.07) is 13.8. The third kappa shape index (κ3) is 5.09. The zero-order valence-corrected chi connectivity index (χ0v) is 13.0. The summed E-state index contributed by atoms with van der Waals surface area (Å²) in [6.45, 7) is 3.93. The van der Waals surface area contributed by atoms with E-state index < -0.39 is 0 Å². The highest BCUT2D eigenvalue weighted by Gasteiger charge is 2.00. The topological polar surface area (TPSA) is 58.5 Å². The number of nitrogens with zero attached hydrogens (tertiary/aromatic N) is 2. The molecule has 5 nitrogen and oxygen atoms in total. The summed E-state index contributed by atoms with van der Waals surface area (Å²) in [5.41, 5.74) is 2.11. The zero-order chi connectivity index (χ0) is 15.6. The van der Waals surface area contributed by atoms with Crippen molar-refractivity contribution in [1.82, 2.24) is 15.6 Å². The maximum atomic E-state index is 5.74. The van der Waals surface area contributed by atoms with E-state index >= 15 is 0 Å².